The molecular weight excluding hydrogens is 214 g/mol. The molecule has 1 aromatic heterocycles. The van der Waals surface area contributed by atoms with E-state index in [2.05, 4.69) is 17.2 Å². The third kappa shape index (κ3) is 3.69. The van der Waals surface area contributed by atoms with Gasteiger partial charge in [0.05, 0.1) is 26.0 Å². The van der Waals surface area contributed by atoms with Gasteiger partial charge in [0.1, 0.15) is 0 Å². The number of nitrogens with zero attached hydrogens (tertiary/aromatic N) is 2. The Balaban J connectivity index is 1.69. The van der Waals surface area contributed by atoms with E-state index in [1.54, 1.807) is 6.20 Å². The van der Waals surface area contributed by atoms with Crippen molar-refractivity contribution in [2.24, 2.45) is 5.73 Å². The highest BCUT2D eigenvalue weighted by atomic mass is 16.5. The molecule has 4 nitrogen and oxygen atoms in total. The lowest BCUT2D eigenvalue weighted by atomic mass is 10.2. The second-order valence-corrected chi connectivity index (χ2v) is 3.85. The van der Waals surface area contributed by atoms with E-state index in [1.165, 1.54) is 5.56 Å². The Morgan fingerprint density at radius 3 is 2.71 bits per heavy atom. The molecule has 90 valence electrons. The molecule has 17 heavy (non-hydrogen) atoms. The minimum absolute atomic E-state index is 0.533. The SMILES string of the molecule is NCc1cnn(CCOCc2ccccc2)c1. The maximum absolute atomic E-state index is 5.57. The minimum Gasteiger partial charge on any atom is -0.375 e. The lowest BCUT2D eigenvalue weighted by Gasteiger charge is -2.04. The Kier molecular flexibility index (Phi) is 4.30. The molecule has 0 amide bonds. The highest BCUT2D eigenvalue weighted by molar-refractivity contribution is 5.13. The molecule has 1 aromatic carbocycles. The standard InChI is InChI=1S/C13H17N3O/c14-8-13-9-15-16(10-13)6-7-17-11-12-4-2-1-3-5-12/h1-5,9-10H,6-8,11,14H2. The van der Waals surface area contributed by atoms with Crippen LogP contribution < -0.4 is 5.73 Å². The van der Waals surface area contributed by atoms with Crippen molar-refractivity contribution in [3.63, 3.8) is 0 Å². The van der Waals surface area contributed by atoms with Crippen molar-refractivity contribution in [2.45, 2.75) is 19.7 Å². The zero-order chi connectivity index (χ0) is 11.9. The number of hydrogen-bond donors (Lipinski definition) is 1. The summed E-state index contributed by atoms with van der Waals surface area (Å²) in [5.41, 5.74) is 7.75. The van der Waals surface area contributed by atoms with Gasteiger partial charge in [0.15, 0.2) is 0 Å². The number of nitrogens with two attached hydrogens (primary N) is 1. The summed E-state index contributed by atoms with van der Waals surface area (Å²) in [6.45, 7) is 2.59. The highest BCUT2D eigenvalue weighted by Gasteiger charge is 1.96. The fourth-order valence-corrected chi connectivity index (χ4v) is 1.56. The maximum atomic E-state index is 5.57. The Labute approximate surface area is 101 Å². The number of hydrogen-bond acceptors (Lipinski definition) is 3. The van der Waals surface area contributed by atoms with E-state index in [4.69, 9.17) is 10.5 Å². The molecule has 2 N–H and O–H groups in total. The minimum atomic E-state index is 0.533. The molecule has 0 spiro atoms. The predicted molar refractivity (Wildman–Crippen MR) is 66.2 cm³/mol. The van der Waals surface area contributed by atoms with Crippen LogP contribution in [0.4, 0.5) is 0 Å². The first kappa shape index (κ1) is 11.8. The van der Waals surface area contributed by atoms with E-state index < -0.39 is 0 Å². The van der Waals surface area contributed by atoms with Crippen LogP contribution in [0, 0.1) is 0 Å². The van der Waals surface area contributed by atoms with Crippen molar-refractivity contribution < 1.29 is 4.74 Å². The van der Waals surface area contributed by atoms with E-state index in [0.29, 0.717) is 19.8 Å². The molecule has 0 radical (unpaired) electrons. The van der Waals surface area contributed by atoms with Gasteiger partial charge in [0, 0.05) is 18.3 Å². The van der Waals surface area contributed by atoms with Gasteiger partial charge >= 0.3 is 0 Å². The molecule has 2 rings (SSSR count). The summed E-state index contributed by atoms with van der Waals surface area (Å²) in [7, 11) is 0. The summed E-state index contributed by atoms with van der Waals surface area (Å²) < 4.78 is 7.43. The van der Waals surface area contributed by atoms with Gasteiger partial charge in [-0.15, -0.1) is 0 Å². The van der Waals surface area contributed by atoms with Crippen LogP contribution in [0.1, 0.15) is 11.1 Å². The average Bonchev–Trinajstić information content (AvgIpc) is 2.84. The number of ether oxygens (including phenoxy) is 1. The van der Waals surface area contributed by atoms with Crippen LogP contribution in [-0.4, -0.2) is 16.4 Å². The van der Waals surface area contributed by atoms with Crippen molar-refractivity contribution in [1.82, 2.24) is 9.78 Å². The van der Waals surface area contributed by atoms with Crippen LogP contribution in [0.2, 0.25) is 0 Å². The fraction of sp³-hybridized carbons (Fsp3) is 0.308. The number of benzene rings is 1. The van der Waals surface area contributed by atoms with Gasteiger partial charge < -0.3 is 10.5 Å². The molecule has 0 fully saturated rings. The van der Waals surface area contributed by atoms with Crippen LogP contribution in [0.3, 0.4) is 0 Å². The van der Waals surface area contributed by atoms with E-state index in [0.717, 1.165) is 12.1 Å². The summed E-state index contributed by atoms with van der Waals surface area (Å²) in [6.07, 6.45) is 3.74. The van der Waals surface area contributed by atoms with E-state index >= 15 is 0 Å². The molecule has 0 atom stereocenters. The molecule has 0 aliphatic carbocycles. The molecule has 0 unspecified atom stereocenters. The average molecular weight is 231 g/mol. The lowest BCUT2D eigenvalue weighted by molar-refractivity contribution is 0.111. The van der Waals surface area contributed by atoms with Crippen LogP contribution >= 0.6 is 0 Å². The largest absolute Gasteiger partial charge is 0.375 e. The van der Waals surface area contributed by atoms with Gasteiger partial charge in [-0.2, -0.15) is 5.10 Å². The Morgan fingerprint density at radius 2 is 2.00 bits per heavy atom. The maximum Gasteiger partial charge on any atom is 0.0717 e. The quantitative estimate of drug-likeness (QED) is 0.768. The van der Waals surface area contributed by atoms with Gasteiger partial charge in [0.25, 0.3) is 0 Å². The van der Waals surface area contributed by atoms with Crippen molar-refractivity contribution >= 4 is 0 Å². The van der Waals surface area contributed by atoms with Crippen molar-refractivity contribution in [2.75, 3.05) is 6.61 Å². The Hall–Kier alpha value is -1.65. The fourth-order valence-electron chi connectivity index (χ4n) is 1.56. The first-order chi connectivity index (χ1) is 8.38. The molecule has 0 bridgehead atoms. The topological polar surface area (TPSA) is 53.1 Å². The van der Waals surface area contributed by atoms with Crippen molar-refractivity contribution in [1.29, 1.82) is 0 Å². The van der Waals surface area contributed by atoms with Crippen LogP contribution in [0.15, 0.2) is 42.7 Å². The zero-order valence-electron chi connectivity index (χ0n) is 9.75. The summed E-state index contributed by atoms with van der Waals surface area (Å²) in [4.78, 5) is 0. The molecule has 4 heteroatoms. The molecule has 0 saturated carbocycles. The summed E-state index contributed by atoms with van der Waals surface area (Å²) >= 11 is 0. The number of aromatic nitrogens is 2. The molecule has 0 aliphatic rings. The van der Waals surface area contributed by atoms with Crippen molar-refractivity contribution in [3.05, 3.63) is 53.9 Å². The third-order valence-electron chi connectivity index (χ3n) is 2.50. The van der Waals surface area contributed by atoms with Gasteiger partial charge in [0.2, 0.25) is 0 Å². The second kappa shape index (κ2) is 6.18. The smallest absolute Gasteiger partial charge is 0.0717 e. The third-order valence-corrected chi connectivity index (χ3v) is 2.50. The van der Waals surface area contributed by atoms with Crippen LogP contribution in [0.25, 0.3) is 0 Å². The molecule has 0 saturated heterocycles. The zero-order valence-corrected chi connectivity index (χ0v) is 9.75. The molecule has 2 aromatic rings. The van der Waals surface area contributed by atoms with E-state index in [1.807, 2.05) is 29.1 Å². The second-order valence-electron chi connectivity index (χ2n) is 3.85. The van der Waals surface area contributed by atoms with E-state index in [9.17, 15) is 0 Å². The van der Waals surface area contributed by atoms with Crippen molar-refractivity contribution in [3.8, 4) is 0 Å². The summed E-state index contributed by atoms with van der Waals surface area (Å²) in [6, 6.07) is 10.1. The summed E-state index contributed by atoms with van der Waals surface area (Å²) in [5.74, 6) is 0. The first-order valence-corrected chi connectivity index (χ1v) is 5.71. The van der Waals surface area contributed by atoms with Gasteiger partial charge in [-0.1, -0.05) is 30.3 Å². The van der Waals surface area contributed by atoms with Crippen LogP contribution in [-0.2, 0) is 24.4 Å². The highest BCUT2D eigenvalue weighted by Crippen LogP contribution is 2.01. The predicted octanol–water partition coefficient (Wildman–Crippen LogP) is 1.56. The molecular formula is C13H17N3O. The molecule has 1 heterocycles. The van der Waals surface area contributed by atoms with Gasteiger partial charge in [-0.05, 0) is 5.56 Å². The lowest BCUT2D eigenvalue weighted by Crippen LogP contribution is -2.06. The first-order valence-electron chi connectivity index (χ1n) is 5.71. The van der Waals surface area contributed by atoms with Crippen LogP contribution in [0.5, 0.6) is 0 Å². The van der Waals surface area contributed by atoms with E-state index in [-0.39, 0.29) is 0 Å². The monoisotopic (exact) mass is 231 g/mol. The normalized spacial score (nSPS) is 10.6. The Bertz CT molecular complexity index is 439. The number of rotatable bonds is 6. The Morgan fingerprint density at radius 1 is 1.18 bits per heavy atom. The summed E-state index contributed by atoms with van der Waals surface area (Å²) in [5, 5.41) is 4.19. The van der Waals surface area contributed by atoms with Gasteiger partial charge in [-0.3, -0.25) is 4.68 Å². The van der Waals surface area contributed by atoms with Gasteiger partial charge in [-0.25, -0.2) is 0 Å². The molecule has 0 aliphatic heterocycles.